The third kappa shape index (κ3) is 2.99. The lowest BCUT2D eigenvalue weighted by Gasteiger charge is -2.51. The van der Waals surface area contributed by atoms with E-state index < -0.39 is 0 Å². The fourth-order valence-electron chi connectivity index (χ4n) is 6.28. The van der Waals surface area contributed by atoms with Gasteiger partial charge in [0.1, 0.15) is 24.4 Å². The van der Waals surface area contributed by atoms with Crippen molar-refractivity contribution in [2.75, 3.05) is 13.2 Å². The number of rotatable bonds is 4. The van der Waals surface area contributed by atoms with Gasteiger partial charge < -0.3 is 14.8 Å². The van der Waals surface area contributed by atoms with E-state index in [4.69, 9.17) is 9.47 Å². The van der Waals surface area contributed by atoms with Crippen LogP contribution in [0.2, 0.25) is 0 Å². The minimum absolute atomic E-state index is 0.0200. The molecule has 4 aliphatic rings. The molecular formula is C22H29FNO3+. The molecule has 2 aliphatic heterocycles. The molecular weight excluding hydrogens is 345 g/mol. The van der Waals surface area contributed by atoms with Crippen LogP contribution in [-0.4, -0.2) is 30.8 Å². The summed E-state index contributed by atoms with van der Waals surface area (Å²) in [6, 6.07) is 6.60. The van der Waals surface area contributed by atoms with Gasteiger partial charge in [-0.15, -0.1) is 0 Å². The second-order valence-electron chi connectivity index (χ2n) is 9.45. The number of fused-ring (bicyclic) bond motifs is 3. The van der Waals surface area contributed by atoms with Crippen LogP contribution >= 0.6 is 0 Å². The van der Waals surface area contributed by atoms with Crippen LogP contribution in [0.1, 0.15) is 44.6 Å². The molecule has 1 aromatic rings. The zero-order valence-electron chi connectivity index (χ0n) is 16.0. The number of ether oxygens (including phenoxy) is 2. The van der Waals surface area contributed by atoms with Crippen LogP contribution in [0.4, 0.5) is 4.39 Å². The molecule has 2 saturated carbocycles. The molecule has 146 valence electrons. The van der Waals surface area contributed by atoms with Gasteiger partial charge in [0.25, 0.3) is 0 Å². The summed E-state index contributed by atoms with van der Waals surface area (Å²) in [6.45, 7) is 4.80. The predicted molar refractivity (Wildman–Crippen MR) is 97.1 cm³/mol. The molecule has 0 radical (unpaired) electrons. The Morgan fingerprint density at radius 2 is 2.04 bits per heavy atom. The number of benzene rings is 1. The molecule has 5 heteroatoms. The smallest absolute Gasteiger partial charge is 0.315 e. The molecule has 2 saturated heterocycles. The van der Waals surface area contributed by atoms with E-state index in [1.807, 2.05) is 12.1 Å². The summed E-state index contributed by atoms with van der Waals surface area (Å²) in [4.78, 5) is 12.6. The number of epoxide rings is 1. The van der Waals surface area contributed by atoms with Crippen molar-refractivity contribution in [1.29, 1.82) is 0 Å². The monoisotopic (exact) mass is 374 g/mol. The van der Waals surface area contributed by atoms with Crippen molar-refractivity contribution in [3.8, 4) is 0 Å². The molecule has 1 aromatic carbocycles. The number of hydrogen-bond donors (Lipinski definition) is 1. The Bertz CT molecular complexity index is 732. The van der Waals surface area contributed by atoms with Gasteiger partial charge in [-0.2, -0.15) is 0 Å². The van der Waals surface area contributed by atoms with Crippen LogP contribution in [0, 0.1) is 29.0 Å². The Labute approximate surface area is 159 Å². The molecule has 2 heterocycles. The van der Waals surface area contributed by atoms with Crippen LogP contribution in [0.15, 0.2) is 24.3 Å². The van der Waals surface area contributed by atoms with E-state index in [1.54, 1.807) is 0 Å². The molecule has 27 heavy (non-hydrogen) atoms. The highest BCUT2D eigenvalue weighted by atomic mass is 19.1. The molecule has 4 fully saturated rings. The maximum absolute atomic E-state index is 13.0. The Hall–Kier alpha value is -1.46. The number of carbonyl (C=O) groups is 1. The van der Waals surface area contributed by atoms with Crippen molar-refractivity contribution < 1.29 is 24.0 Å². The second kappa shape index (κ2) is 6.28. The quantitative estimate of drug-likeness (QED) is 0.650. The van der Waals surface area contributed by atoms with Crippen molar-refractivity contribution >= 4 is 5.97 Å². The van der Waals surface area contributed by atoms with Gasteiger partial charge in [-0.05, 0) is 55.6 Å². The standard InChI is InChI=1S/C22H28FNO3/c1-21-7-2-8-22(13-26-22)19(21)9-16-17(20(25)27-18(16)10-21)12-24-11-14-3-5-15(23)6-4-14/h3-6,16-19,24H,2,7-13H2,1H3/p+1/t16-,17-,18-,19+,21-,22+/m1/s1. The normalized spacial score (nSPS) is 42.5. The molecule has 2 aliphatic carbocycles. The van der Waals surface area contributed by atoms with Gasteiger partial charge in [-0.3, -0.25) is 4.79 Å². The van der Waals surface area contributed by atoms with Crippen LogP contribution in [0.3, 0.4) is 0 Å². The first kappa shape index (κ1) is 17.6. The van der Waals surface area contributed by atoms with E-state index in [-0.39, 0.29) is 34.8 Å². The number of esters is 1. The van der Waals surface area contributed by atoms with Gasteiger partial charge >= 0.3 is 5.97 Å². The molecule has 5 rings (SSSR count). The van der Waals surface area contributed by atoms with Crippen molar-refractivity contribution in [3.05, 3.63) is 35.6 Å². The maximum atomic E-state index is 13.0. The highest BCUT2D eigenvalue weighted by Gasteiger charge is 2.65. The first-order valence-corrected chi connectivity index (χ1v) is 10.4. The minimum Gasteiger partial charge on any atom is -0.462 e. The fraction of sp³-hybridized carbons (Fsp3) is 0.682. The minimum atomic E-state index is -0.213. The number of quaternary nitrogens is 1. The SMILES string of the molecule is C[C@]12CCC[C@]3(CO3)[C@H]1C[C@H]1[C@@H](C2)OC(=O)[C@@H]1C[NH2+]Cc1ccc(F)cc1. The molecule has 0 unspecified atom stereocenters. The van der Waals surface area contributed by atoms with Crippen molar-refractivity contribution in [1.82, 2.24) is 0 Å². The predicted octanol–water partition coefficient (Wildman–Crippen LogP) is 2.42. The van der Waals surface area contributed by atoms with Crippen LogP contribution in [0.25, 0.3) is 0 Å². The van der Waals surface area contributed by atoms with Crippen molar-refractivity contribution in [3.63, 3.8) is 0 Å². The first-order valence-electron chi connectivity index (χ1n) is 10.4. The summed E-state index contributed by atoms with van der Waals surface area (Å²) in [7, 11) is 0. The largest absolute Gasteiger partial charge is 0.462 e. The third-order valence-electron chi connectivity index (χ3n) is 7.79. The lowest BCUT2D eigenvalue weighted by molar-refractivity contribution is -0.675. The van der Waals surface area contributed by atoms with Gasteiger partial charge in [-0.1, -0.05) is 19.1 Å². The van der Waals surface area contributed by atoms with Gasteiger partial charge in [0.2, 0.25) is 0 Å². The van der Waals surface area contributed by atoms with Gasteiger partial charge in [0.15, 0.2) is 0 Å². The van der Waals surface area contributed by atoms with E-state index in [0.29, 0.717) is 11.8 Å². The second-order valence-corrected chi connectivity index (χ2v) is 9.45. The Morgan fingerprint density at radius 3 is 2.78 bits per heavy atom. The summed E-state index contributed by atoms with van der Waals surface area (Å²) in [5, 5.41) is 2.17. The first-order chi connectivity index (χ1) is 13.0. The average molecular weight is 374 g/mol. The lowest BCUT2D eigenvalue weighted by atomic mass is 9.53. The maximum Gasteiger partial charge on any atom is 0.315 e. The highest BCUT2D eigenvalue weighted by molar-refractivity contribution is 5.75. The number of halogens is 1. The summed E-state index contributed by atoms with van der Waals surface area (Å²) in [5.41, 5.74) is 1.43. The van der Waals surface area contributed by atoms with Gasteiger partial charge in [0, 0.05) is 11.5 Å². The number of nitrogens with two attached hydrogens (primary N) is 1. The van der Waals surface area contributed by atoms with Crippen LogP contribution in [-0.2, 0) is 20.8 Å². The Balaban J connectivity index is 1.26. The van der Waals surface area contributed by atoms with Crippen molar-refractivity contribution in [2.45, 2.75) is 57.3 Å². The van der Waals surface area contributed by atoms with E-state index >= 15 is 0 Å². The van der Waals surface area contributed by atoms with Gasteiger partial charge in [-0.25, -0.2) is 4.39 Å². The topological polar surface area (TPSA) is 55.4 Å². The van der Waals surface area contributed by atoms with E-state index in [9.17, 15) is 9.18 Å². The highest BCUT2D eigenvalue weighted by Crippen LogP contribution is 2.62. The average Bonchev–Trinajstić information content (AvgIpc) is 3.33. The van der Waals surface area contributed by atoms with Gasteiger partial charge in [0.05, 0.1) is 18.8 Å². The van der Waals surface area contributed by atoms with Crippen LogP contribution < -0.4 is 5.32 Å². The zero-order chi connectivity index (χ0) is 18.6. The van der Waals surface area contributed by atoms with E-state index in [1.165, 1.54) is 31.4 Å². The molecule has 4 nitrogen and oxygen atoms in total. The Morgan fingerprint density at radius 1 is 1.26 bits per heavy atom. The van der Waals surface area contributed by atoms with E-state index in [0.717, 1.165) is 38.1 Å². The molecule has 0 amide bonds. The third-order valence-corrected chi connectivity index (χ3v) is 7.79. The number of hydrogen-bond acceptors (Lipinski definition) is 3. The van der Waals surface area contributed by atoms with Crippen LogP contribution in [0.5, 0.6) is 0 Å². The lowest BCUT2D eigenvalue weighted by Crippen LogP contribution is -2.84. The van der Waals surface area contributed by atoms with E-state index in [2.05, 4.69) is 12.2 Å². The zero-order valence-corrected chi connectivity index (χ0v) is 16.0. The summed E-state index contributed by atoms with van der Waals surface area (Å²) in [5.74, 6) is 0.620. The Kier molecular flexibility index (Phi) is 4.10. The molecule has 6 atom stereocenters. The molecule has 1 spiro atoms. The number of carbonyl (C=O) groups excluding carboxylic acids is 1. The molecule has 0 aromatic heterocycles. The molecule has 2 N–H and O–H groups in total. The molecule has 0 bridgehead atoms. The van der Waals surface area contributed by atoms with Crippen molar-refractivity contribution in [2.24, 2.45) is 23.2 Å². The summed E-state index contributed by atoms with van der Waals surface area (Å²) in [6.07, 6.45) is 5.77. The summed E-state index contributed by atoms with van der Waals surface area (Å²) < 4.78 is 24.9. The summed E-state index contributed by atoms with van der Waals surface area (Å²) >= 11 is 0. The fourth-order valence-corrected chi connectivity index (χ4v) is 6.28.